The summed E-state index contributed by atoms with van der Waals surface area (Å²) in [6, 6.07) is 33.8. The highest BCUT2D eigenvalue weighted by molar-refractivity contribution is 5.92. The maximum atomic E-state index is 13.9. The summed E-state index contributed by atoms with van der Waals surface area (Å²) in [6.07, 6.45) is 1.77. The Kier molecular flexibility index (Phi) is 10.8. The van der Waals surface area contributed by atoms with Crippen molar-refractivity contribution in [1.82, 2.24) is 10.6 Å². The van der Waals surface area contributed by atoms with E-state index in [2.05, 4.69) is 16.7 Å². The lowest BCUT2D eigenvalue weighted by atomic mass is 9.90. The van der Waals surface area contributed by atoms with Gasteiger partial charge in [-0.25, -0.2) is 4.79 Å². The molecule has 4 aromatic carbocycles. The highest BCUT2D eigenvalue weighted by atomic mass is 16.4. The molecule has 0 aliphatic rings. The predicted octanol–water partition coefficient (Wildman–Crippen LogP) is 5.58. The van der Waals surface area contributed by atoms with Crippen molar-refractivity contribution in [1.29, 1.82) is 5.26 Å². The zero-order valence-electron chi connectivity index (χ0n) is 24.1. The molecular weight excluding hydrogens is 538 g/mol. The molecule has 7 nitrogen and oxygen atoms in total. The normalized spacial score (nSPS) is 12.1. The van der Waals surface area contributed by atoms with Crippen molar-refractivity contribution in [2.24, 2.45) is 0 Å². The van der Waals surface area contributed by atoms with Crippen molar-refractivity contribution in [3.63, 3.8) is 0 Å². The minimum atomic E-state index is -0.993. The Morgan fingerprint density at radius 3 is 2.00 bits per heavy atom. The van der Waals surface area contributed by atoms with E-state index >= 15 is 0 Å². The van der Waals surface area contributed by atoms with Gasteiger partial charge in [0.15, 0.2) is 0 Å². The first-order valence-electron chi connectivity index (χ1n) is 14.3. The average Bonchev–Trinajstić information content (AvgIpc) is 3.01. The maximum Gasteiger partial charge on any atom is 0.335 e. The molecule has 0 bridgehead atoms. The molecule has 0 aliphatic carbocycles. The largest absolute Gasteiger partial charge is 0.478 e. The van der Waals surface area contributed by atoms with E-state index < -0.39 is 29.9 Å². The molecule has 0 saturated carbocycles. The van der Waals surface area contributed by atoms with Gasteiger partial charge in [0.1, 0.15) is 12.1 Å². The van der Waals surface area contributed by atoms with E-state index in [4.69, 9.17) is 0 Å². The van der Waals surface area contributed by atoms with Gasteiger partial charge in [-0.15, -0.1) is 0 Å². The third-order valence-corrected chi connectivity index (χ3v) is 7.29. The van der Waals surface area contributed by atoms with Gasteiger partial charge in [0.05, 0.1) is 17.6 Å². The molecule has 3 N–H and O–H groups in total. The summed E-state index contributed by atoms with van der Waals surface area (Å²) in [4.78, 5) is 38.8. The number of aromatic carboxylic acids is 1. The van der Waals surface area contributed by atoms with Crippen molar-refractivity contribution >= 4 is 17.8 Å². The third-order valence-electron chi connectivity index (χ3n) is 7.29. The molecule has 0 radical (unpaired) electrons. The van der Waals surface area contributed by atoms with Gasteiger partial charge in [0.2, 0.25) is 11.8 Å². The third kappa shape index (κ3) is 8.88. The molecule has 218 valence electrons. The number of aryl methyl sites for hydroxylation is 2. The van der Waals surface area contributed by atoms with Crippen LogP contribution in [-0.2, 0) is 22.4 Å². The molecular formula is C36H35N3O4. The number of hydrogen-bond donors (Lipinski definition) is 3. The maximum absolute atomic E-state index is 13.9. The van der Waals surface area contributed by atoms with Crippen LogP contribution in [0.25, 0.3) is 0 Å². The Bertz CT molecular complexity index is 1540. The Hall–Kier alpha value is -5.22. The minimum Gasteiger partial charge on any atom is -0.478 e. The molecule has 4 rings (SSSR count). The monoisotopic (exact) mass is 573 g/mol. The number of carbonyl (C=O) groups excluding carboxylic acids is 2. The number of benzene rings is 4. The van der Waals surface area contributed by atoms with Crippen molar-refractivity contribution in [3.8, 4) is 6.07 Å². The summed E-state index contributed by atoms with van der Waals surface area (Å²) in [5.41, 5.74) is 4.60. The quantitative estimate of drug-likeness (QED) is 0.193. The lowest BCUT2D eigenvalue weighted by molar-refractivity contribution is -0.129. The van der Waals surface area contributed by atoms with Crippen LogP contribution < -0.4 is 10.6 Å². The van der Waals surface area contributed by atoms with Gasteiger partial charge >= 0.3 is 5.97 Å². The summed E-state index contributed by atoms with van der Waals surface area (Å²) in [5, 5.41) is 24.9. The Balaban J connectivity index is 1.50. The molecule has 0 aromatic heterocycles. The number of carbonyl (C=O) groups is 3. The highest BCUT2D eigenvalue weighted by Gasteiger charge is 2.29. The van der Waals surface area contributed by atoms with Crippen LogP contribution in [0.4, 0.5) is 0 Å². The number of nitriles is 1. The molecule has 7 heteroatoms. The van der Waals surface area contributed by atoms with Gasteiger partial charge in [-0.2, -0.15) is 5.26 Å². The Morgan fingerprint density at radius 1 is 0.767 bits per heavy atom. The molecule has 0 aliphatic heterocycles. The number of nitrogens with one attached hydrogen (secondary N) is 2. The molecule has 0 heterocycles. The van der Waals surface area contributed by atoms with Crippen LogP contribution in [-0.4, -0.2) is 35.0 Å². The highest BCUT2D eigenvalue weighted by Crippen LogP contribution is 2.25. The summed E-state index contributed by atoms with van der Waals surface area (Å²) < 4.78 is 0. The number of hydrogen-bond acceptors (Lipinski definition) is 4. The molecule has 4 aromatic rings. The predicted molar refractivity (Wildman–Crippen MR) is 165 cm³/mol. The van der Waals surface area contributed by atoms with Crippen LogP contribution in [0.15, 0.2) is 109 Å². The number of carboxylic acids is 1. The lowest BCUT2D eigenvalue weighted by Crippen LogP contribution is -2.51. The van der Waals surface area contributed by atoms with Crippen LogP contribution in [0, 0.1) is 18.3 Å². The molecule has 0 saturated heterocycles. The van der Waals surface area contributed by atoms with Gasteiger partial charge in [-0.1, -0.05) is 103 Å². The Labute approximate surface area is 252 Å². The van der Waals surface area contributed by atoms with E-state index in [0.717, 1.165) is 27.8 Å². The van der Waals surface area contributed by atoms with Crippen molar-refractivity contribution in [3.05, 3.63) is 143 Å². The molecule has 0 unspecified atom stereocenters. The standard InChI is InChI=1S/C36H35N3O4/c1-25-11-8-14-27(21-25)23-32(39-35(41)33(28-15-4-2-5-16-28)29-17-6-3-7-18-29)34(40)38-31(24-37)20-10-13-26-12-9-19-30(22-26)36(42)43/h2-9,11-12,14-19,21-22,31-33H,10,13,20,23H2,1H3,(H,38,40)(H,39,41)(H,42,43)/t31-,32-/m0/s1. The van der Waals surface area contributed by atoms with Crippen molar-refractivity contribution in [2.75, 3.05) is 0 Å². The summed E-state index contributed by atoms with van der Waals surface area (Å²) in [5.74, 6) is -2.36. The second-order valence-electron chi connectivity index (χ2n) is 10.6. The molecule has 2 atom stereocenters. The topological polar surface area (TPSA) is 119 Å². The van der Waals surface area contributed by atoms with Crippen LogP contribution in [0.2, 0.25) is 0 Å². The van der Waals surface area contributed by atoms with E-state index in [1.165, 1.54) is 6.07 Å². The van der Waals surface area contributed by atoms with E-state index in [0.29, 0.717) is 19.3 Å². The first kappa shape index (κ1) is 30.7. The fourth-order valence-corrected chi connectivity index (χ4v) is 5.14. The number of carboxylic acid groups (broad SMARTS) is 1. The van der Waals surface area contributed by atoms with E-state index in [9.17, 15) is 24.8 Å². The first-order chi connectivity index (χ1) is 20.8. The van der Waals surface area contributed by atoms with Crippen molar-refractivity contribution in [2.45, 2.75) is 50.6 Å². The fourth-order valence-electron chi connectivity index (χ4n) is 5.14. The second kappa shape index (κ2) is 15.1. The second-order valence-corrected chi connectivity index (χ2v) is 10.6. The molecule has 2 amide bonds. The van der Waals surface area contributed by atoms with E-state index in [1.807, 2.05) is 97.9 Å². The lowest BCUT2D eigenvalue weighted by Gasteiger charge is -2.24. The number of amides is 2. The smallest absolute Gasteiger partial charge is 0.335 e. The SMILES string of the molecule is Cc1cccc(C[C@H](NC(=O)C(c2ccccc2)c2ccccc2)C(=O)N[C@H](C#N)CCCc2cccc(C(=O)O)c2)c1. The van der Waals surface area contributed by atoms with Crippen LogP contribution in [0.1, 0.15) is 56.9 Å². The van der Waals surface area contributed by atoms with Gasteiger partial charge in [0.25, 0.3) is 0 Å². The zero-order chi connectivity index (χ0) is 30.6. The first-order valence-corrected chi connectivity index (χ1v) is 14.3. The summed E-state index contributed by atoms with van der Waals surface area (Å²) >= 11 is 0. The minimum absolute atomic E-state index is 0.210. The fraction of sp³-hybridized carbons (Fsp3) is 0.222. The van der Waals surface area contributed by atoms with E-state index in [1.54, 1.807) is 12.1 Å². The Morgan fingerprint density at radius 2 is 1.40 bits per heavy atom. The molecule has 0 spiro atoms. The van der Waals surface area contributed by atoms with Crippen molar-refractivity contribution < 1.29 is 19.5 Å². The van der Waals surface area contributed by atoms with Gasteiger partial charge in [-0.05, 0) is 60.6 Å². The zero-order valence-corrected chi connectivity index (χ0v) is 24.1. The number of nitrogens with zero attached hydrogens (tertiary/aromatic N) is 1. The molecule has 0 fully saturated rings. The van der Waals surface area contributed by atoms with Gasteiger partial charge in [-0.3, -0.25) is 9.59 Å². The van der Waals surface area contributed by atoms with E-state index in [-0.39, 0.29) is 17.9 Å². The van der Waals surface area contributed by atoms with Crippen LogP contribution >= 0.6 is 0 Å². The summed E-state index contributed by atoms with van der Waals surface area (Å²) in [7, 11) is 0. The van der Waals surface area contributed by atoms with Crippen LogP contribution in [0.3, 0.4) is 0 Å². The summed E-state index contributed by atoms with van der Waals surface area (Å²) in [6.45, 7) is 1.97. The molecule has 43 heavy (non-hydrogen) atoms. The van der Waals surface area contributed by atoms with Crippen LogP contribution in [0.5, 0.6) is 0 Å². The number of rotatable bonds is 13. The average molecular weight is 574 g/mol. The van der Waals surface area contributed by atoms with Gasteiger partial charge in [0, 0.05) is 6.42 Å². The van der Waals surface area contributed by atoms with Gasteiger partial charge < -0.3 is 15.7 Å².